The quantitative estimate of drug-likeness (QED) is 0.517. The van der Waals surface area contributed by atoms with Gasteiger partial charge in [-0.05, 0) is 25.9 Å². The SMILES string of the molecule is CC.CC.CCNCCPC. The monoisotopic (exact) mass is 179 g/mol. The largest absolute Gasteiger partial charge is 0.317 e. The Morgan fingerprint density at radius 3 is 1.82 bits per heavy atom. The molecule has 0 spiro atoms. The van der Waals surface area contributed by atoms with E-state index in [2.05, 4.69) is 18.9 Å². The Morgan fingerprint density at radius 2 is 1.55 bits per heavy atom. The van der Waals surface area contributed by atoms with E-state index in [4.69, 9.17) is 0 Å². The van der Waals surface area contributed by atoms with Gasteiger partial charge in [-0.25, -0.2) is 0 Å². The van der Waals surface area contributed by atoms with Crippen molar-refractivity contribution < 1.29 is 0 Å². The Balaban J connectivity index is -0.000000138. The molecule has 1 nitrogen and oxygen atoms in total. The molecule has 1 N–H and O–H groups in total. The van der Waals surface area contributed by atoms with Crippen LogP contribution in [-0.2, 0) is 0 Å². The Labute approximate surface area is 75.1 Å². The number of hydrogen-bond acceptors (Lipinski definition) is 1. The smallest absolute Gasteiger partial charge is 0.00121 e. The lowest BCUT2D eigenvalue weighted by molar-refractivity contribution is 0.767. The fourth-order valence-corrected chi connectivity index (χ4v) is 0.817. The van der Waals surface area contributed by atoms with Crippen molar-refractivity contribution in [3.8, 4) is 0 Å². The minimum Gasteiger partial charge on any atom is -0.317 e. The van der Waals surface area contributed by atoms with Crippen LogP contribution in [-0.4, -0.2) is 25.9 Å². The highest BCUT2D eigenvalue weighted by atomic mass is 31.1. The minimum absolute atomic E-state index is 1.11. The standard InChI is InChI=1S/C5H14NP.2C2H6/c1-3-6-4-5-7-2;2*1-2/h6-7H,3-5H2,1-2H3;2*1-2H3. The maximum Gasteiger partial charge on any atom is -0.00121 e. The molecule has 0 saturated heterocycles. The van der Waals surface area contributed by atoms with Crippen molar-refractivity contribution in [3.05, 3.63) is 0 Å². The molecule has 72 valence electrons. The van der Waals surface area contributed by atoms with Crippen LogP contribution in [0.15, 0.2) is 0 Å². The fraction of sp³-hybridized carbons (Fsp3) is 1.00. The molecule has 0 amide bonds. The van der Waals surface area contributed by atoms with E-state index in [0.29, 0.717) is 0 Å². The molecule has 1 unspecified atom stereocenters. The van der Waals surface area contributed by atoms with Crippen LogP contribution < -0.4 is 5.32 Å². The molecule has 0 aromatic rings. The lowest BCUT2D eigenvalue weighted by Gasteiger charge is -1.95. The van der Waals surface area contributed by atoms with Crippen molar-refractivity contribution in [3.63, 3.8) is 0 Å². The zero-order valence-corrected chi connectivity index (χ0v) is 10.1. The Bertz CT molecular complexity index is 28.7. The molecule has 11 heavy (non-hydrogen) atoms. The highest BCUT2D eigenvalue weighted by molar-refractivity contribution is 7.37. The van der Waals surface area contributed by atoms with Crippen molar-refractivity contribution in [2.45, 2.75) is 34.6 Å². The van der Waals surface area contributed by atoms with Crippen LogP contribution >= 0.6 is 8.58 Å². The molecule has 0 bridgehead atoms. The molecule has 0 aliphatic carbocycles. The molecule has 0 aromatic carbocycles. The molecule has 0 rings (SSSR count). The van der Waals surface area contributed by atoms with Gasteiger partial charge in [-0.15, -0.1) is 8.58 Å². The topological polar surface area (TPSA) is 12.0 Å². The second kappa shape index (κ2) is 31.5. The average Bonchev–Trinajstić information content (AvgIpc) is 2.13. The van der Waals surface area contributed by atoms with Gasteiger partial charge in [0, 0.05) is 0 Å². The van der Waals surface area contributed by atoms with Crippen LogP contribution in [0.2, 0.25) is 0 Å². The van der Waals surface area contributed by atoms with Crippen LogP contribution in [0.25, 0.3) is 0 Å². The number of nitrogens with one attached hydrogen (secondary N) is 1. The summed E-state index contributed by atoms with van der Waals surface area (Å²) in [6.07, 6.45) is 1.34. The normalized spacial score (nSPS) is 8.18. The minimum atomic E-state index is 1.11. The summed E-state index contributed by atoms with van der Waals surface area (Å²) >= 11 is 0. The molecule has 1 atom stereocenters. The van der Waals surface area contributed by atoms with E-state index in [1.165, 1.54) is 12.7 Å². The van der Waals surface area contributed by atoms with Crippen molar-refractivity contribution in [1.29, 1.82) is 0 Å². The summed E-state index contributed by atoms with van der Waals surface area (Å²) in [6, 6.07) is 0. The summed E-state index contributed by atoms with van der Waals surface area (Å²) in [7, 11) is 1.11. The van der Waals surface area contributed by atoms with E-state index < -0.39 is 0 Å². The third kappa shape index (κ3) is 37.9. The van der Waals surface area contributed by atoms with Gasteiger partial charge in [0.25, 0.3) is 0 Å². The van der Waals surface area contributed by atoms with Gasteiger partial charge in [-0.1, -0.05) is 34.6 Å². The third-order valence-electron chi connectivity index (χ3n) is 0.802. The second-order valence-electron chi connectivity index (χ2n) is 1.46. The van der Waals surface area contributed by atoms with E-state index in [9.17, 15) is 0 Å². The molecule has 0 heterocycles. The van der Waals surface area contributed by atoms with E-state index in [0.717, 1.165) is 15.1 Å². The predicted octanol–water partition coefficient (Wildman–Crippen LogP) is 2.96. The van der Waals surface area contributed by atoms with Crippen molar-refractivity contribution in [2.75, 3.05) is 25.9 Å². The molecular formula is C9H26NP. The molecule has 0 aromatic heterocycles. The van der Waals surface area contributed by atoms with Gasteiger partial charge in [0.1, 0.15) is 0 Å². The zero-order chi connectivity index (χ0) is 9.54. The Morgan fingerprint density at radius 1 is 1.09 bits per heavy atom. The summed E-state index contributed by atoms with van der Waals surface area (Å²) in [4.78, 5) is 0. The summed E-state index contributed by atoms with van der Waals surface area (Å²) in [5.74, 6) is 0. The number of hydrogen-bond donors (Lipinski definition) is 1. The highest BCUT2D eigenvalue weighted by Crippen LogP contribution is 1.96. The van der Waals surface area contributed by atoms with Gasteiger partial charge in [-0.3, -0.25) is 0 Å². The van der Waals surface area contributed by atoms with Crippen LogP contribution in [0, 0.1) is 0 Å². The van der Waals surface area contributed by atoms with Gasteiger partial charge < -0.3 is 5.32 Å². The van der Waals surface area contributed by atoms with E-state index >= 15 is 0 Å². The van der Waals surface area contributed by atoms with Crippen LogP contribution in [0.1, 0.15) is 34.6 Å². The van der Waals surface area contributed by atoms with E-state index in [1.54, 1.807) is 0 Å². The van der Waals surface area contributed by atoms with Gasteiger partial charge in [0.2, 0.25) is 0 Å². The van der Waals surface area contributed by atoms with Crippen molar-refractivity contribution in [2.24, 2.45) is 0 Å². The first-order chi connectivity index (χ1) is 5.41. The summed E-state index contributed by atoms with van der Waals surface area (Å²) < 4.78 is 0. The summed E-state index contributed by atoms with van der Waals surface area (Å²) in [5, 5.41) is 3.26. The van der Waals surface area contributed by atoms with Gasteiger partial charge >= 0.3 is 0 Å². The van der Waals surface area contributed by atoms with Gasteiger partial charge in [-0.2, -0.15) is 0 Å². The first kappa shape index (κ1) is 17.5. The average molecular weight is 179 g/mol. The molecule has 0 aliphatic rings. The van der Waals surface area contributed by atoms with Crippen LogP contribution in [0.3, 0.4) is 0 Å². The fourth-order valence-electron chi connectivity index (χ4n) is 0.390. The van der Waals surface area contributed by atoms with Crippen molar-refractivity contribution >= 4 is 8.58 Å². The Hall–Kier alpha value is 0.390. The first-order valence-corrected chi connectivity index (χ1v) is 6.47. The molecule has 0 aliphatic heterocycles. The van der Waals surface area contributed by atoms with E-state index in [1.807, 2.05) is 27.7 Å². The summed E-state index contributed by atoms with van der Waals surface area (Å²) in [5.41, 5.74) is 0. The molecule has 0 radical (unpaired) electrons. The first-order valence-electron chi connectivity index (χ1n) is 4.77. The molecule has 0 saturated carbocycles. The maximum absolute atomic E-state index is 3.26. The lowest BCUT2D eigenvalue weighted by Crippen LogP contribution is -2.15. The third-order valence-corrected chi connectivity index (χ3v) is 1.55. The van der Waals surface area contributed by atoms with Crippen molar-refractivity contribution in [1.82, 2.24) is 5.32 Å². The lowest BCUT2D eigenvalue weighted by atomic mass is 10.7. The van der Waals surface area contributed by atoms with Gasteiger partial charge in [0.05, 0.1) is 0 Å². The van der Waals surface area contributed by atoms with E-state index in [-0.39, 0.29) is 0 Å². The maximum atomic E-state index is 3.26. The second-order valence-corrected chi connectivity index (χ2v) is 2.66. The molecule has 0 fully saturated rings. The van der Waals surface area contributed by atoms with Gasteiger partial charge in [0.15, 0.2) is 0 Å². The van der Waals surface area contributed by atoms with Crippen LogP contribution in [0.5, 0.6) is 0 Å². The Kier molecular flexibility index (Phi) is 50.1. The summed E-state index contributed by atoms with van der Waals surface area (Å²) in [6.45, 7) is 14.7. The predicted molar refractivity (Wildman–Crippen MR) is 60.3 cm³/mol. The molecular weight excluding hydrogens is 153 g/mol. The highest BCUT2D eigenvalue weighted by Gasteiger charge is 1.76. The van der Waals surface area contributed by atoms with Crippen LogP contribution in [0.4, 0.5) is 0 Å². The molecule has 2 heteroatoms. The number of rotatable bonds is 4. The zero-order valence-electron chi connectivity index (χ0n) is 9.12.